The molecule has 1 aromatic carbocycles. The molecule has 1 heterocycles. The number of amides is 1. The van der Waals surface area contributed by atoms with Gasteiger partial charge in [-0.2, -0.15) is 12.7 Å². The molecule has 2 rings (SSSR count). The van der Waals surface area contributed by atoms with E-state index in [0.29, 0.717) is 24.4 Å². The number of sulfonamides is 2. The Morgan fingerprint density at radius 2 is 1.64 bits per heavy atom. The molecule has 0 saturated carbocycles. The Bertz CT molecular complexity index is 1030. The average Bonchev–Trinajstić information content (AvgIpc) is 3.12. The molecule has 10 nitrogen and oxygen atoms in total. The summed E-state index contributed by atoms with van der Waals surface area (Å²) in [6.45, 7) is 5.80. The van der Waals surface area contributed by atoms with Crippen LogP contribution in [0.1, 0.15) is 27.2 Å². The van der Waals surface area contributed by atoms with Gasteiger partial charge < -0.3 is 5.32 Å². The largest absolute Gasteiger partial charge is 0.301 e. The van der Waals surface area contributed by atoms with E-state index in [2.05, 4.69) is 20.2 Å². The van der Waals surface area contributed by atoms with Crippen molar-refractivity contribution in [3.63, 3.8) is 0 Å². The number of benzene rings is 1. The maximum Gasteiger partial charge on any atom is 0.291 e. The number of hydrogen-bond donors (Lipinski definition) is 2. The van der Waals surface area contributed by atoms with Crippen molar-refractivity contribution in [1.29, 1.82) is 0 Å². The van der Waals surface area contributed by atoms with Gasteiger partial charge in [-0.05, 0) is 24.3 Å². The maximum atomic E-state index is 12.5. The van der Waals surface area contributed by atoms with Crippen LogP contribution in [-0.2, 0) is 24.8 Å². The minimum Gasteiger partial charge on any atom is -0.301 e. The molecular formula is C15H21N5O5S3. The van der Waals surface area contributed by atoms with Crippen molar-refractivity contribution in [1.82, 2.24) is 14.5 Å². The summed E-state index contributed by atoms with van der Waals surface area (Å²) in [5, 5.41) is 9.72. The first kappa shape index (κ1) is 22.2. The zero-order valence-electron chi connectivity index (χ0n) is 15.5. The Balaban J connectivity index is 2.18. The van der Waals surface area contributed by atoms with E-state index in [9.17, 15) is 21.6 Å². The summed E-state index contributed by atoms with van der Waals surface area (Å²) < 4.78 is 53.0. The number of nitrogens with zero attached hydrogens (tertiary/aromatic N) is 3. The zero-order chi connectivity index (χ0) is 20.9. The molecule has 0 aliphatic carbocycles. The lowest BCUT2D eigenvalue weighted by atomic mass is 10.3. The summed E-state index contributed by atoms with van der Waals surface area (Å²) in [5.41, 5.74) is 0.174. The standard InChI is InChI=1S/C15H21N5O5S3/c1-4-13(21)16-14-17-18-15(26-14)27(22,23)19-11-7-9-12(10-8-11)28(24,25)20(5-2)6-3/h7-10,19H,4-6H2,1-3H3,(H,16,17,21). The van der Waals surface area contributed by atoms with Crippen LogP contribution in [0.3, 0.4) is 0 Å². The van der Waals surface area contributed by atoms with Crippen LogP contribution in [0.25, 0.3) is 0 Å². The van der Waals surface area contributed by atoms with E-state index in [1.165, 1.54) is 28.6 Å². The first-order valence-corrected chi connectivity index (χ1v) is 12.1. The van der Waals surface area contributed by atoms with Gasteiger partial charge in [-0.25, -0.2) is 8.42 Å². The number of carbonyl (C=O) groups excluding carboxylic acids is 1. The Morgan fingerprint density at radius 3 is 2.18 bits per heavy atom. The number of hydrogen-bond acceptors (Lipinski definition) is 8. The number of nitrogens with one attached hydrogen (secondary N) is 2. The van der Waals surface area contributed by atoms with E-state index < -0.39 is 20.0 Å². The minimum atomic E-state index is -4.03. The molecule has 0 spiro atoms. The molecule has 0 aliphatic heterocycles. The van der Waals surface area contributed by atoms with Crippen molar-refractivity contribution in [2.45, 2.75) is 36.4 Å². The van der Waals surface area contributed by atoms with Gasteiger partial charge in [-0.1, -0.05) is 32.1 Å². The third-order valence-corrected chi connectivity index (χ3v) is 8.31. The summed E-state index contributed by atoms with van der Waals surface area (Å²) in [4.78, 5) is 11.4. The van der Waals surface area contributed by atoms with Crippen molar-refractivity contribution in [2.75, 3.05) is 23.1 Å². The zero-order valence-corrected chi connectivity index (χ0v) is 18.0. The van der Waals surface area contributed by atoms with E-state index >= 15 is 0 Å². The highest BCUT2D eigenvalue weighted by Crippen LogP contribution is 2.24. The molecule has 0 aliphatic rings. The molecule has 0 saturated heterocycles. The lowest BCUT2D eigenvalue weighted by Crippen LogP contribution is -2.30. The number of anilines is 2. The molecule has 13 heteroatoms. The van der Waals surface area contributed by atoms with Crippen LogP contribution in [0.2, 0.25) is 0 Å². The van der Waals surface area contributed by atoms with E-state index in [1.807, 2.05) is 0 Å². The van der Waals surface area contributed by atoms with Crippen LogP contribution in [0.4, 0.5) is 10.8 Å². The summed E-state index contributed by atoms with van der Waals surface area (Å²) in [7, 11) is -7.65. The van der Waals surface area contributed by atoms with Crippen molar-refractivity contribution >= 4 is 48.1 Å². The molecule has 1 aromatic heterocycles. The van der Waals surface area contributed by atoms with Gasteiger partial charge in [0.05, 0.1) is 4.90 Å². The minimum absolute atomic E-state index is 0.0691. The maximum absolute atomic E-state index is 12.5. The topological polar surface area (TPSA) is 138 Å². The van der Waals surface area contributed by atoms with Crippen LogP contribution in [0, 0.1) is 0 Å². The second-order valence-corrected chi connectivity index (χ2v) is 10.3. The smallest absolute Gasteiger partial charge is 0.291 e. The fourth-order valence-electron chi connectivity index (χ4n) is 2.18. The monoisotopic (exact) mass is 447 g/mol. The van der Waals surface area contributed by atoms with E-state index in [4.69, 9.17) is 0 Å². The Labute approximate surface area is 168 Å². The Morgan fingerprint density at radius 1 is 1.04 bits per heavy atom. The average molecular weight is 448 g/mol. The van der Waals surface area contributed by atoms with Crippen molar-refractivity contribution in [3.05, 3.63) is 24.3 Å². The van der Waals surface area contributed by atoms with Crippen LogP contribution >= 0.6 is 11.3 Å². The highest BCUT2D eigenvalue weighted by Gasteiger charge is 2.23. The molecule has 0 radical (unpaired) electrons. The third kappa shape index (κ3) is 5.04. The molecule has 154 valence electrons. The first-order valence-electron chi connectivity index (χ1n) is 8.40. The number of rotatable bonds is 9. The SMILES string of the molecule is CCC(=O)Nc1nnc(S(=O)(=O)Nc2ccc(S(=O)(=O)N(CC)CC)cc2)s1. The van der Waals surface area contributed by atoms with Crippen LogP contribution in [0.5, 0.6) is 0 Å². The second-order valence-electron chi connectivity index (χ2n) is 5.49. The third-order valence-electron chi connectivity index (χ3n) is 3.65. The molecule has 0 bridgehead atoms. The Hall–Kier alpha value is -2.09. The van der Waals surface area contributed by atoms with Crippen molar-refractivity contribution < 1.29 is 21.6 Å². The van der Waals surface area contributed by atoms with Crippen molar-refractivity contribution in [3.8, 4) is 0 Å². The summed E-state index contributed by atoms with van der Waals surface area (Å²) in [6, 6.07) is 5.38. The number of aromatic nitrogens is 2. The van der Waals surface area contributed by atoms with Gasteiger partial charge in [0, 0.05) is 25.2 Å². The quantitative estimate of drug-likeness (QED) is 0.558. The summed E-state index contributed by atoms with van der Waals surface area (Å²) in [6.07, 6.45) is 0.225. The predicted molar refractivity (Wildman–Crippen MR) is 106 cm³/mol. The van der Waals surface area contributed by atoms with Crippen LogP contribution < -0.4 is 10.0 Å². The van der Waals surface area contributed by atoms with Gasteiger partial charge in [-0.3, -0.25) is 9.52 Å². The summed E-state index contributed by atoms with van der Waals surface area (Å²) in [5.74, 6) is -0.307. The van der Waals surface area contributed by atoms with Gasteiger partial charge in [0.1, 0.15) is 0 Å². The number of carbonyl (C=O) groups is 1. The van der Waals surface area contributed by atoms with Gasteiger partial charge in [0.15, 0.2) is 0 Å². The molecule has 1 amide bonds. The fourth-order valence-corrected chi connectivity index (χ4v) is 5.62. The highest BCUT2D eigenvalue weighted by molar-refractivity contribution is 7.94. The molecule has 2 N–H and O–H groups in total. The molecule has 0 fully saturated rings. The van der Waals surface area contributed by atoms with E-state index in [-0.39, 0.29) is 32.4 Å². The van der Waals surface area contributed by atoms with Crippen LogP contribution in [0.15, 0.2) is 33.5 Å². The van der Waals surface area contributed by atoms with Gasteiger partial charge in [-0.15, -0.1) is 10.2 Å². The molecule has 0 atom stereocenters. The Kier molecular flexibility index (Phi) is 7.09. The van der Waals surface area contributed by atoms with Crippen molar-refractivity contribution in [2.24, 2.45) is 0 Å². The lowest BCUT2D eigenvalue weighted by molar-refractivity contribution is -0.115. The highest BCUT2D eigenvalue weighted by atomic mass is 32.2. The van der Waals surface area contributed by atoms with Gasteiger partial charge in [0.2, 0.25) is 21.1 Å². The first-order chi connectivity index (χ1) is 13.1. The predicted octanol–water partition coefficient (Wildman–Crippen LogP) is 1.72. The van der Waals surface area contributed by atoms with Gasteiger partial charge >= 0.3 is 0 Å². The van der Waals surface area contributed by atoms with Gasteiger partial charge in [0.25, 0.3) is 14.4 Å². The van der Waals surface area contributed by atoms with E-state index in [0.717, 1.165) is 0 Å². The molecule has 0 unspecified atom stereocenters. The second kappa shape index (κ2) is 8.94. The summed E-state index contributed by atoms with van der Waals surface area (Å²) >= 11 is 0.713. The molecular weight excluding hydrogens is 426 g/mol. The van der Waals surface area contributed by atoms with Crippen LogP contribution in [-0.4, -0.2) is 50.3 Å². The fraction of sp³-hybridized carbons (Fsp3) is 0.400. The normalized spacial score (nSPS) is 12.1. The molecule has 28 heavy (non-hydrogen) atoms. The lowest BCUT2D eigenvalue weighted by Gasteiger charge is -2.18. The molecule has 2 aromatic rings. The van der Waals surface area contributed by atoms with E-state index in [1.54, 1.807) is 20.8 Å².